The monoisotopic (exact) mass is 320 g/mol. The first-order valence-corrected chi connectivity index (χ1v) is 1.36. The molecule has 0 aromatic rings. The summed E-state index contributed by atoms with van der Waals surface area (Å²) < 4.78 is 8.33. The molecule has 0 aliphatic rings. The van der Waals surface area contributed by atoms with E-state index in [0.717, 1.165) is 0 Å². The van der Waals surface area contributed by atoms with Crippen LogP contribution in [0, 0.1) is 0 Å². The van der Waals surface area contributed by atoms with E-state index in [2.05, 4.69) is 0 Å². The molecule has 0 aliphatic carbocycles. The van der Waals surface area contributed by atoms with Crippen molar-refractivity contribution in [1.82, 2.24) is 0 Å². The molecule has 0 bridgehead atoms. The molecule has 5 heteroatoms. The fourth-order valence-electron chi connectivity index (χ4n) is 0. The summed E-state index contributed by atoms with van der Waals surface area (Å²) in [6, 6.07) is 0. The Bertz CT molecular complexity index is 11.6. The van der Waals surface area contributed by atoms with E-state index >= 15 is 0 Å². The molecule has 0 atom stereocenters. The van der Waals surface area contributed by atoms with Gasteiger partial charge in [0.05, 0.1) is 0 Å². The van der Waals surface area contributed by atoms with Gasteiger partial charge in [-0.05, 0) is 0 Å². The number of hydrogen-bond donors (Lipinski definition) is 0. The molecule has 5 heavy (non-hydrogen) atoms. The molecule has 2 radical (unpaired) electrons. The molecule has 30 valence electrons. The second kappa shape index (κ2) is 36.0. The maximum absolute atomic E-state index is 8.33. The molecule has 0 spiro atoms. The Balaban J connectivity index is -0.00000000167. The van der Waals surface area contributed by atoms with Crippen molar-refractivity contribution in [3.63, 3.8) is 0 Å². The minimum absolute atomic E-state index is 0. The van der Waals surface area contributed by atoms with E-state index in [-0.39, 0.29) is 52.4 Å². The van der Waals surface area contributed by atoms with E-state index < -0.39 is 0 Å². The van der Waals surface area contributed by atoms with Crippen LogP contribution >= 0.6 is 0 Å². The molecular weight excluding hydrogens is 320 g/mol. The quantitative estimate of drug-likeness (QED) is 0.550. The zero-order chi connectivity index (χ0) is 2.00. The van der Waals surface area contributed by atoms with Gasteiger partial charge in [-0.25, -0.2) is 0 Å². The standard InChI is InChI=1S/Li.Mn.Ni.O.W. The van der Waals surface area contributed by atoms with Crippen LogP contribution in [0.1, 0.15) is 0 Å². The maximum atomic E-state index is 8.33. The Labute approximate surface area is 74.8 Å². The topological polar surface area (TPSA) is 17.1 Å². The Kier molecular flexibility index (Phi) is 198. The number of rotatable bonds is 0. The van der Waals surface area contributed by atoms with Crippen molar-refractivity contribution in [2.75, 3.05) is 0 Å². The predicted molar refractivity (Wildman–Crippen MR) is 6.44 cm³/mol. The summed E-state index contributed by atoms with van der Waals surface area (Å²) in [7, 11) is 0. The summed E-state index contributed by atoms with van der Waals surface area (Å²) >= 11 is 0.333. The van der Waals surface area contributed by atoms with E-state index in [1.165, 1.54) is 0 Å². The van der Waals surface area contributed by atoms with E-state index in [4.69, 9.17) is 3.40 Å². The van der Waals surface area contributed by atoms with Crippen LogP contribution in [0.5, 0.6) is 0 Å². The van der Waals surface area contributed by atoms with Crippen molar-refractivity contribution in [3.05, 3.63) is 0 Å². The fraction of sp³-hybridized carbons (Fsp3) is 0. The average Bonchev–Trinajstić information content (AvgIpc) is 1.00. The van der Waals surface area contributed by atoms with Gasteiger partial charge in [-0.3, -0.25) is 0 Å². The van der Waals surface area contributed by atoms with E-state index in [0.29, 0.717) is 19.8 Å². The third-order valence-corrected chi connectivity index (χ3v) is 0. The van der Waals surface area contributed by atoms with Crippen LogP contribution in [0.25, 0.3) is 0 Å². The van der Waals surface area contributed by atoms with Gasteiger partial charge < -0.3 is 0 Å². The van der Waals surface area contributed by atoms with Gasteiger partial charge in [0.2, 0.25) is 0 Å². The Morgan fingerprint density at radius 1 is 1.20 bits per heavy atom. The molecule has 0 heterocycles. The SMILES string of the molecule is [Li].[Mn].[Ni].[O]=[W]. The summed E-state index contributed by atoms with van der Waals surface area (Å²) in [6.45, 7) is 0. The van der Waals surface area contributed by atoms with Gasteiger partial charge in [0, 0.05) is 52.4 Å². The Morgan fingerprint density at radius 2 is 1.20 bits per heavy atom. The fourth-order valence-corrected chi connectivity index (χ4v) is 0. The molecule has 0 amide bonds. The Morgan fingerprint density at radius 3 is 1.20 bits per heavy atom. The predicted octanol–water partition coefficient (Wildman–Crippen LogP) is -0.507. The molecule has 0 saturated carbocycles. The molecule has 0 aromatic carbocycles. The third kappa shape index (κ3) is 23.3. The van der Waals surface area contributed by atoms with Gasteiger partial charge in [-0.15, -0.1) is 0 Å². The van der Waals surface area contributed by atoms with Crippen molar-refractivity contribution in [2.45, 2.75) is 0 Å². The van der Waals surface area contributed by atoms with Gasteiger partial charge in [0.25, 0.3) is 0 Å². The first-order valence-electron chi connectivity index (χ1n) is 0.167. The van der Waals surface area contributed by atoms with E-state index in [1.807, 2.05) is 0 Å². The van der Waals surface area contributed by atoms with Crippen LogP contribution < -0.4 is 0 Å². The molecule has 0 saturated heterocycles. The zero-order valence-electron chi connectivity index (χ0n) is 2.51. The van der Waals surface area contributed by atoms with E-state index in [1.54, 1.807) is 0 Å². The first kappa shape index (κ1) is 27.5. The average molecular weight is 320 g/mol. The minimum atomic E-state index is 0. The molecule has 0 fully saturated rings. The summed E-state index contributed by atoms with van der Waals surface area (Å²) in [5, 5.41) is 0. The van der Waals surface area contributed by atoms with Crippen molar-refractivity contribution in [3.8, 4) is 0 Å². The summed E-state index contributed by atoms with van der Waals surface area (Å²) in [6.07, 6.45) is 0. The van der Waals surface area contributed by atoms with Crippen molar-refractivity contribution in [2.24, 2.45) is 0 Å². The Hall–Kier alpha value is 2.10. The van der Waals surface area contributed by atoms with Crippen LogP contribution in [-0.4, -0.2) is 18.9 Å². The van der Waals surface area contributed by atoms with Gasteiger partial charge in [-0.2, -0.15) is 0 Å². The van der Waals surface area contributed by atoms with Crippen LogP contribution in [0.3, 0.4) is 0 Å². The summed E-state index contributed by atoms with van der Waals surface area (Å²) in [5.41, 5.74) is 0. The van der Waals surface area contributed by atoms with Crippen LogP contribution in [-0.2, 0) is 56.7 Å². The molecule has 0 aliphatic heterocycles. The second-order valence-electron chi connectivity index (χ2n) is 0. The molecule has 0 rings (SSSR count). The van der Waals surface area contributed by atoms with Crippen LogP contribution in [0.15, 0.2) is 0 Å². The molecule has 0 unspecified atom stereocenters. The molecular formula is LiMnNiOW. The van der Waals surface area contributed by atoms with Crippen LogP contribution in [0.4, 0.5) is 0 Å². The molecule has 1 nitrogen and oxygen atoms in total. The van der Waals surface area contributed by atoms with Crippen molar-refractivity contribution in [1.29, 1.82) is 0 Å². The summed E-state index contributed by atoms with van der Waals surface area (Å²) in [4.78, 5) is 0. The first-order chi connectivity index (χ1) is 1.00. The number of hydrogen-bond acceptors (Lipinski definition) is 1. The van der Waals surface area contributed by atoms with Crippen molar-refractivity contribution >= 4 is 18.9 Å². The van der Waals surface area contributed by atoms with Gasteiger partial charge >= 0.3 is 23.2 Å². The molecule has 0 aromatic heterocycles. The van der Waals surface area contributed by atoms with Crippen molar-refractivity contribution < 1.29 is 56.7 Å². The molecule has 0 N–H and O–H groups in total. The van der Waals surface area contributed by atoms with Gasteiger partial charge in [0.1, 0.15) is 0 Å². The van der Waals surface area contributed by atoms with Gasteiger partial charge in [0.15, 0.2) is 0 Å². The van der Waals surface area contributed by atoms with E-state index in [9.17, 15) is 0 Å². The van der Waals surface area contributed by atoms with Crippen LogP contribution in [0.2, 0.25) is 0 Å². The third-order valence-electron chi connectivity index (χ3n) is 0. The normalized spacial score (nSPS) is 0.800. The zero-order valence-corrected chi connectivity index (χ0v) is 7.61. The summed E-state index contributed by atoms with van der Waals surface area (Å²) in [5.74, 6) is 0. The second-order valence-corrected chi connectivity index (χ2v) is 0. The van der Waals surface area contributed by atoms with Gasteiger partial charge in [-0.1, -0.05) is 0 Å².